The third-order valence-corrected chi connectivity index (χ3v) is 0. The van der Waals surface area contributed by atoms with Crippen LogP contribution in [-0.4, -0.2) is 42.4 Å². The van der Waals surface area contributed by atoms with Crippen LogP contribution in [0, 0.1) is 0 Å². The number of hydrogen-bond donors (Lipinski definition) is 2. The number of hydrogen-bond acceptors (Lipinski definition) is 4. The zero-order chi connectivity index (χ0) is 4.50. The molecule has 0 aliphatic heterocycles. The molecular formula is H6MgN2O4S. The second-order valence-electron chi connectivity index (χ2n) is 0.589. The van der Waals surface area contributed by atoms with Gasteiger partial charge in [-0.15, -0.1) is 0 Å². The minimum Gasteiger partial charge on any atom is -0.870 e. The van der Waals surface area contributed by atoms with E-state index >= 15 is 0 Å². The summed E-state index contributed by atoms with van der Waals surface area (Å²) in [6.45, 7) is 0. The van der Waals surface area contributed by atoms with Crippen LogP contribution in [0.25, 0.3) is 0 Å². The van der Waals surface area contributed by atoms with Crippen molar-refractivity contribution < 1.29 is 19.4 Å². The van der Waals surface area contributed by atoms with Crippen LogP contribution in [0.2, 0.25) is 0 Å². The third-order valence-electron chi connectivity index (χ3n) is 0. The smallest absolute Gasteiger partial charge is 0.870 e. The van der Waals surface area contributed by atoms with E-state index in [1.165, 1.54) is 0 Å². The van der Waals surface area contributed by atoms with Gasteiger partial charge in [-0.3, -0.25) is 0 Å². The first-order chi connectivity index (χ1) is 2.00. The van der Waals surface area contributed by atoms with Gasteiger partial charge in [-0.1, -0.05) is 0 Å². The first-order valence-corrected chi connectivity index (χ1v) is 2.41. The molecule has 0 rings (SSSR count). The summed E-state index contributed by atoms with van der Waals surface area (Å²) in [6.07, 6.45) is 0. The molecule has 0 bridgehead atoms. The van der Waals surface area contributed by atoms with Crippen molar-refractivity contribution in [2.24, 2.45) is 10.3 Å². The molecule has 0 aromatic rings. The van der Waals surface area contributed by atoms with Crippen LogP contribution >= 0.6 is 0 Å². The maximum absolute atomic E-state index is 9.19. The molecule has 48 valence electrons. The van der Waals surface area contributed by atoms with Crippen molar-refractivity contribution in [3.05, 3.63) is 0 Å². The van der Waals surface area contributed by atoms with Gasteiger partial charge in [-0.25, -0.2) is 10.3 Å². The van der Waals surface area contributed by atoms with Gasteiger partial charge in [0.05, 0.1) is 0 Å². The normalized spacial score (nSPS) is 7.25. The van der Waals surface area contributed by atoms with Crippen molar-refractivity contribution in [3.63, 3.8) is 0 Å². The molecule has 8 heavy (non-hydrogen) atoms. The van der Waals surface area contributed by atoms with Crippen molar-refractivity contribution in [2.75, 3.05) is 0 Å². The maximum Gasteiger partial charge on any atom is 2.00 e. The molecule has 0 aliphatic rings. The van der Waals surface area contributed by atoms with E-state index in [1.807, 2.05) is 0 Å². The summed E-state index contributed by atoms with van der Waals surface area (Å²) < 4.78 is 18.4. The predicted molar refractivity (Wildman–Crippen MR) is 26.9 cm³/mol. The van der Waals surface area contributed by atoms with Gasteiger partial charge in [0.25, 0.3) is 10.2 Å². The predicted octanol–water partition coefficient (Wildman–Crippen LogP) is -2.59. The number of rotatable bonds is 0. The molecule has 0 saturated carbocycles. The molecule has 0 amide bonds. The Balaban J connectivity index is -0.0000000267. The zero-order valence-electron chi connectivity index (χ0n) is 3.98. The van der Waals surface area contributed by atoms with Crippen LogP contribution < -0.4 is 10.3 Å². The molecule has 0 spiro atoms. The van der Waals surface area contributed by atoms with Gasteiger partial charge in [-0.05, 0) is 0 Å². The van der Waals surface area contributed by atoms with E-state index in [-0.39, 0.29) is 34.0 Å². The second-order valence-corrected chi connectivity index (χ2v) is 1.77. The fourth-order valence-electron chi connectivity index (χ4n) is 0. The first kappa shape index (κ1) is 23.5. The van der Waals surface area contributed by atoms with E-state index < -0.39 is 10.2 Å². The molecule has 0 saturated heterocycles. The fourth-order valence-corrected chi connectivity index (χ4v) is 0. The first-order valence-electron chi connectivity index (χ1n) is 0.805. The van der Waals surface area contributed by atoms with E-state index in [2.05, 4.69) is 10.3 Å². The average molecular weight is 154 g/mol. The molecule has 0 fully saturated rings. The molecule has 0 heterocycles. The number of nitrogens with two attached hydrogens (primary N) is 2. The SMILES string of the molecule is NS(N)(=O)=O.[Mg+2].[OH-].[OH-]. The molecule has 0 radical (unpaired) electrons. The Bertz CT molecular complexity index is 97.2. The molecule has 6 N–H and O–H groups in total. The Morgan fingerprint density at radius 3 is 1.00 bits per heavy atom. The van der Waals surface area contributed by atoms with Crippen molar-refractivity contribution in [3.8, 4) is 0 Å². The van der Waals surface area contributed by atoms with Crippen molar-refractivity contribution in [2.45, 2.75) is 0 Å². The van der Waals surface area contributed by atoms with Crippen molar-refractivity contribution >= 4 is 33.3 Å². The summed E-state index contributed by atoms with van der Waals surface area (Å²) in [4.78, 5) is 0. The minimum absolute atomic E-state index is 0. The minimum atomic E-state index is -3.67. The van der Waals surface area contributed by atoms with Gasteiger partial charge in [0.1, 0.15) is 0 Å². The van der Waals surface area contributed by atoms with Crippen LogP contribution in [0.15, 0.2) is 0 Å². The van der Waals surface area contributed by atoms with Gasteiger partial charge < -0.3 is 11.0 Å². The molecule has 0 aromatic carbocycles. The summed E-state index contributed by atoms with van der Waals surface area (Å²) in [5.41, 5.74) is 0. The topological polar surface area (TPSA) is 146 Å². The van der Waals surface area contributed by atoms with Gasteiger partial charge in [0.2, 0.25) is 0 Å². The molecular weight excluding hydrogens is 148 g/mol. The fraction of sp³-hybridized carbons (Fsp3) is 0. The van der Waals surface area contributed by atoms with Crippen LogP contribution in [0.5, 0.6) is 0 Å². The van der Waals surface area contributed by atoms with E-state index in [0.717, 1.165) is 0 Å². The van der Waals surface area contributed by atoms with Crippen LogP contribution in [0.3, 0.4) is 0 Å². The molecule has 0 aliphatic carbocycles. The molecule has 0 atom stereocenters. The molecule has 0 unspecified atom stereocenters. The quantitative estimate of drug-likeness (QED) is 0.369. The summed E-state index contributed by atoms with van der Waals surface area (Å²) >= 11 is 0. The largest absolute Gasteiger partial charge is 2.00 e. The van der Waals surface area contributed by atoms with Gasteiger partial charge >= 0.3 is 23.1 Å². The Kier molecular flexibility index (Phi) is 22.2. The van der Waals surface area contributed by atoms with Crippen LogP contribution in [-0.2, 0) is 10.2 Å². The van der Waals surface area contributed by atoms with Crippen LogP contribution in [0.4, 0.5) is 0 Å². The Morgan fingerprint density at radius 2 is 1.00 bits per heavy atom. The van der Waals surface area contributed by atoms with E-state index in [1.54, 1.807) is 0 Å². The second kappa shape index (κ2) is 7.56. The average Bonchev–Trinajstić information content (AvgIpc) is 0.722. The van der Waals surface area contributed by atoms with Crippen molar-refractivity contribution in [1.29, 1.82) is 0 Å². The monoisotopic (exact) mass is 154 g/mol. The Hall–Kier alpha value is 0.556. The van der Waals surface area contributed by atoms with E-state index in [9.17, 15) is 8.42 Å². The zero-order valence-corrected chi connectivity index (χ0v) is 6.21. The third kappa shape index (κ3) is 654. The maximum atomic E-state index is 9.19. The standard InChI is InChI=1S/Mg.H4N2O2S.2H2O/c;1-5(2,3)4;;/h;(H4,1,2,3,4);2*1H2/q+2;;;/p-2. The van der Waals surface area contributed by atoms with Crippen LogP contribution in [0.1, 0.15) is 0 Å². The molecule has 0 aromatic heterocycles. The Morgan fingerprint density at radius 1 is 1.00 bits per heavy atom. The van der Waals surface area contributed by atoms with E-state index in [0.29, 0.717) is 0 Å². The molecule has 6 nitrogen and oxygen atoms in total. The summed E-state index contributed by atoms with van der Waals surface area (Å²) in [5, 5.41) is 8.21. The summed E-state index contributed by atoms with van der Waals surface area (Å²) in [5.74, 6) is 0. The van der Waals surface area contributed by atoms with Gasteiger partial charge in [-0.2, -0.15) is 8.42 Å². The van der Waals surface area contributed by atoms with Gasteiger partial charge in [0.15, 0.2) is 0 Å². The van der Waals surface area contributed by atoms with E-state index in [4.69, 9.17) is 0 Å². The van der Waals surface area contributed by atoms with Crippen molar-refractivity contribution in [1.82, 2.24) is 0 Å². The molecule has 8 heteroatoms. The summed E-state index contributed by atoms with van der Waals surface area (Å²) in [6, 6.07) is 0. The summed E-state index contributed by atoms with van der Waals surface area (Å²) in [7, 11) is -3.67. The Labute approximate surface area is 63.2 Å². The van der Waals surface area contributed by atoms with Gasteiger partial charge in [0, 0.05) is 0 Å².